The highest BCUT2D eigenvalue weighted by Crippen LogP contribution is 2.55. The molecule has 2 aromatic carbocycles. The molecule has 0 radical (unpaired) electrons. The smallest absolute Gasteiger partial charge is 0.0608 e. The second kappa shape index (κ2) is 11.9. The summed E-state index contributed by atoms with van der Waals surface area (Å²) in [6, 6.07) is 21.4. The molecule has 34 heavy (non-hydrogen) atoms. The molecule has 0 saturated heterocycles. The normalized spacial score (nSPS) is 31.6. The first-order valence-electron chi connectivity index (χ1n) is 14.0. The molecule has 0 amide bonds. The number of aliphatic hydroxyl groups excluding tert-OH is 2. The first-order valence-corrected chi connectivity index (χ1v) is 14.0. The van der Waals surface area contributed by atoms with E-state index < -0.39 is 0 Å². The van der Waals surface area contributed by atoms with Crippen molar-refractivity contribution in [3.05, 3.63) is 71.8 Å². The first-order chi connectivity index (χ1) is 16.5. The van der Waals surface area contributed by atoms with Crippen molar-refractivity contribution in [2.75, 3.05) is 0 Å². The maximum absolute atomic E-state index is 11.0. The van der Waals surface area contributed by atoms with Gasteiger partial charge in [-0.1, -0.05) is 100 Å². The third kappa shape index (κ3) is 5.77. The second-order valence-electron chi connectivity index (χ2n) is 11.5. The molecule has 0 bridgehead atoms. The van der Waals surface area contributed by atoms with Gasteiger partial charge in [-0.05, 0) is 73.3 Å². The number of rotatable bonds is 9. The van der Waals surface area contributed by atoms with Gasteiger partial charge in [-0.2, -0.15) is 0 Å². The van der Waals surface area contributed by atoms with Crippen molar-refractivity contribution in [1.82, 2.24) is 0 Å². The van der Waals surface area contributed by atoms with E-state index in [2.05, 4.69) is 74.5 Å². The monoisotopic (exact) mass is 462 g/mol. The predicted octanol–water partition coefficient (Wildman–Crippen LogP) is 7.85. The molecular weight excluding hydrogens is 416 g/mol. The fraction of sp³-hybridized carbons (Fsp3) is 0.625. The average Bonchev–Trinajstić information content (AvgIpc) is 2.88. The minimum Gasteiger partial charge on any atom is -0.392 e. The molecule has 2 aliphatic carbocycles. The van der Waals surface area contributed by atoms with Gasteiger partial charge in [-0.25, -0.2) is 0 Å². The molecule has 6 atom stereocenters. The van der Waals surface area contributed by atoms with E-state index >= 15 is 0 Å². The van der Waals surface area contributed by atoms with Crippen molar-refractivity contribution in [2.45, 2.75) is 109 Å². The molecule has 4 rings (SSSR count). The van der Waals surface area contributed by atoms with Crippen LogP contribution in [-0.2, 0) is 0 Å². The Labute approximate surface area is 207 Å². The van der Waals surface area contributed by atoms with Crippen LogP contribution in [0.2, 0.25) is 0 Å². The molecule has 2 fully saturated rings. The van der Waals surface area contributed by atoms with Gasteiger partial charge < -0.3 is 10.2 Å². The number of benzene rings is 2. The van der Waals surface area contributed by atoms with Crippen LogP contribution in [0.4, 0.5) is 0 Å². The SMILES string of the molecule is CCCCCCC(C)(C1CCC(O)C(c2ccccc2)C1)C1CCC(O)C(c2ccccc2)C1. The van der Waals surface area contributed by atoms with Crippen LogP contribution < -0.4 is 0 Å². The van der Waals surface area contributed by atoms with E-state index in [1.807, 2.05) is 0 Å². The maximum Gasteiger partial charge on any atom is 0.0608 e. The van der Waals surface area contributed by atoms with Crippen LogP contribution in [0.15, 0.2) is 60.7 Å². The zero-order valence-electron chi connectivity index (χ0n) is 21.4. The van der Waals surface area contributed by atoms with E-state index in [0.717, 1.165) is 38.5 Å². The van der Waals surface area contributed by atoms with Crippen LogP contribution in [0, 0.1) is 17.3 Å². The molecule has 0 aliphatic heterocycles. The maximum atomic E-state index is 11.0. The summed E-state index contributed by atoms with van der Waals surface area (Å²) < 4.78 is 0. The van der Waals surface area contributed by atoms with E-state index in [1.165, 1.54) is 43.2 Å². The molecule has 2 aliphatic rings. The third-order valence-corrected chi connectivity index (χ3v) is 9.52. The van der Waals surface area contributed by atoms with E-state index in [-0.39, 0.29) is 29.5 Å². The van der Waals surface area contributed by atoms with E-state index in [0.29, 0.717) is 11.8 Å². The van der Waals surface area contributed by atoms with Gasteiger partial charge in [0.15, 0.2) is 0 Å². The Morgan fingerprint density at radius 2 is 1.15 bits per heavy atom. The van der Waals surface area contributed by atoms with Gasteiger partial charge in [0.25, 0.3) is 0 Å². The van der Waals surface area contributed by atoms with Crippen LogP contribution in [0.5, 0.6) is 0 Å². The van der Waals surface area contributed by atoms with E-state index in [1.54, 1.807) is 0 Å². The lowest BCUT2D eigenvalue weighted by atomic mass is 9.54. The zero-order valence-corrected chi connectivity index (χ0v) is 21.4. The third-order valence-electron chi connectivity index (χ3n) is 9.52. The Morgan fingerprint density at radius 3 is 1.59 bits per heavy atom. The second-order valence-corrected chi connectivity index (χ2v) is 11.5. The van der Waals surface area contributed by atoms with Gasteiger partial charge in [0.1, 0.15) is 0 Å². The Hall–Kier alpha value is -1.64. The summed E-state index contributed by atoms with van der Waals surface area (Å²) in [5, 5.41) is 21.9. The highest BCUT2D eigenvalue weighted by Gasteiger charge is 2.47. The average molecular weight is 463 g/mol. The topological polar surface area (TPSA) is 40.5 Å². The number of hydrogen-bond donors (Lipinski definition) is 2. The van der Waals surface area contributed by atoms with Gasteiger partial charge in [-0.15, -0.1) is 0 Å². The number of hydrogen-bond acceptors (Lipinski definition) is 2. The van der Waals surface area contributed by atoms with E-state index in [4.69, 9.17) is 0 Å². The van der Waals surface area contributed by atoms with Crippen LogP contribution in [0.3, 0.4) is 0 Å². The molecule has 6 unspecified atom stereocenters. The van der Waals surface area contributed by atoms with Gasteiger partial charge in [0.2, 0.25) is 0 Å². The lowest BCUT2D eigenvalue weighted by Gasteiger charge is -2.51. The van der Waals surface area contributed by atoms with Crippen molar-refractivity contribution < 1.29 is 10.2 Å². The van der Waals surface area contributed by atoms with E-state index in [9.17, 15) is 10.2 Å². The summed E-state index contributed by atoms with van der Waals surface area (Å²) >= 11 is 0. The summed E-state index contributed by atoms with van der Waals surface area (Å²) in [6.45, 7) is 4.87. The fourth-order valence-corrected chi connectivity index (χ4v) is 7.30. The van der Waals surface area contributed by atoms with Gasteiger partial charge in [0.05, 0.1) is 12.2 Å². The predicted molar refractivity (Wildman–Crippen MR) is 142 cm³/mol. The number of aliphatic hydroxyl groups is 2. The largest absolute Gasteiger partial charge is 0.392 e. The fourth-order valence-electron chi connectivity index (χ4n) is 7.30. The minimum absolute atomic E-state index is 0.228. The standard InChI is InChI=1S/C32H46O2/c1-3-4-5-12-21-32(2,26-17-19-30(33)28(22-26)24-13-8-6-9-14-24)27-18-20-31(34)29(23-27)25-15-10-7-11-16-25/h6-11,13-16,26-31,33-34H,3-5,12,17-23H2,1-2H3. The van der Waals surface area contributed by atoms with Crippen molar-refractivity contribution in [2.24, 2.45) is 17.3 Å². The molecular formula is C32H46O2. The van der Waals surface area contributed by atoms with Crippen molar-refractivity contribution in [1.29, 1.82) is 0 Å². The molecule has 0 heterocycles. The summed E-state index contributed by atoms with van der Waals surface area (Å²) in [6.07, 6.45) is 12.3. The van der Waals surface area contributed by atoms with Gasteiger partial charge in [-0.3, -0.25) is 0 Å². The Balaban J connectivity index is 1.57. The minimum atomic E-state index is -0.228. The van der Waals surface area contributed by atoms with Gasteiger partial charge in [0, 0.05) is 11.8 Å². The van der Waals surface area contributed by atoms with Crippen LogP contribution in [0.25, 0.3) is 0 Å². The van der Waals surface area contributed by atoms with Crippen molar-refractivity contribution >= 4 is 0 Å². The zero-order chi connectivity index (χ0) is 24.0. The molecule has 2 N–H and O–H groups in total. The molecule has 2 heteroatoms. The number of unbranched alkanes of at least 4 members (excludes halogenated alkanes) is 3. The summed E-state index contributed by atoms with van der Waals surface area (Å²) in [7, 11) is 0. The first kappa shape index (κ1) is 25.5. The summed E-state index contributed by atoms with van der Waals surface area (Å²) in [4.78, 5) is 0. The van der Waals surface area contributed by atoms with Crippen molar-refractivity contribution in [3.63, 3.8) is 0 Å². The molecule has 0 aromatic heterocycles. The Morgan fingerprint density at radius 1 is 0.676 bits per heavy atom. The molecule has 2 saturated carbocycles. The molecule has 0 spiro atoms. The van der Waals surface area contributed by atoms with Gasteiger partial charge >= 0.3 is 0 Å². The quantitative estimate of drug-likeness (QED) is 0.372. The molecule has 2 aromatic rings. The summed E-state index contributed by atoms with van der Waals surface area (Å²) in [5.41, 5.74) is 2.86. The molecule has 2 nitrogen and oxygen atoms in total. The lowest BCUT2D eigenvalue weighted by Crippen LogP contribution is -2.44. The van der Waals surface area contributed by atoms with Crippen LogP contribution in [-0.4, -0.2) is 22.4 Å². The highest BCUT2D eigenvalue weighted by molar-refractivity contribution is 5.23. The van der Waals surface area contributed by atoms with Crippen molar-refractivity contribution in [3.8, 4) is 0 Å². The summed E-state index contributed by atoms with van der Waals surface area (Å²) in [5.74, 6) is 1.74. The highest BCUT2D eigenvalue weighted by atomic mass is 16.3. The molecule has 186 valence electrons. The Bertz CT molecular complexity index is 784. The lowest BCUT2D eigenvalue weighted by molar-refractivity contribution is -0.0302. The Kier molecular flexibility index (Phi) is 8.88. The van der Waals surface area contributed by atoms with Crippen LogP contribution in [0.1, 0.15) is 107 Å². The van der Waals surface area contributed by atoms with Crippen LogP contribution >= 0.6 is 0 Å².